The van der Waals surface area contributed by atoms with Crippen molar-refractivity contribution in [3.63, 3.8) is 0 Å². The molecule has 4 rings (SSSR count). The molecule has 0 radical (unpaired) electrons. The Morgan fingerprint density at radius 1 is 1.30 bits per heavy atom. The van der Waals surface area contributed by atoms with Gasteiger partial charge in [0.25, 0.3) is 0 Å². The summed E-state index contributed by atoms with van der Waals surface area (Å²) in [5.41, 5.74) is 0.516. The number of amides is 1. The van der Waals surface area contributed by atoms with Crippen LogP contribution in [0, 0.1) is 18.7 Å². The SMILES string of the molecule is Cc1noc(C=Cc2ccccc2F)c1S(=O)(=O)N1CCCC(C(=O)NCc2cccs2)C1. The van der Waals surface area contributed by atoms with E-state index in [-0.39, 0.29) is 28.8 Å². The number of rotatable bonds is 7. The Kier molecular flexibility index (Phi) is 7.06. The van der Waals surface area contributed by atoms with Gasteiger partial charge in [0.15, 0.2) is 10.7 Å². The largest absolute Gasteiger partial charge is 0.355 e. The first kappa shape index (κ1) is 23.3. The van der Waals surface area contributed by atoms with Gasteiger partial charge in [-0.05, 0) is 49.4 Å². The van der Waals surface area contributed by atoms with Crippen molar-refractivity contribution in [3.05, 3.63) is 69.5 Å². The van der Waals surface area contributed by atoms with Gasteiger partial charge < -0.3 is 9.84 Å². The summed E-state index contributed by atoms with van der Waals surface area (Å²) in [6, 6.07) is 10.0. The number of hydrogen-bond acceptors (Lipinski definition) is 6. The molecule has 0 aliphatic carbocycles. The summed E-state index contributed by atoms with van der Waals surface area (Å²) in [5.74, 6) is -1.00. The minimum atomic E-state index is -3.96. The summed E-state index contributed by atoms with van der Waals surface area (Å²) in [5, 5.41) is 8.66. The number of hydrogen-bond donors (Lipinski definition) is 1. The first-order valence-electron chi connectivity index (χ1n) is 10.6. The molecule has 7 nitrogen and oxygen atoms in total. The average Bonchev–Trinajstić information content (AvgIpc) is 3.47. The maximum Gasteiger partial charge on any atom is 0.248 e. The summed E-state index contributed by atoms with van der Waals surface area (Å²) in [6.07, 6.45) is 4.04. The number of aryl methyl sites for hydroxylation is 1. The lowest BCUT2D eigenvalue weighted by Crippen LogP contribution is -2.45. The lowest BCUT2D eigenvalue weighted by atomic mass is 9.99. The second kappa shape index (κ2) is 9.98. The molecule has 1 fully saturated rings. The number of aromatic nitrogens is 1. The van der Waals surface area contributed by atoms with Gasteiger partial charge in [-0.2, -0.15) is 4.31 Å². The summed E-state index contributed by atoms with van der Waals surface area (Å²) in [6.45, 7) is 2.36. The quantitative estimate of drug-likeness (QED) is 0.540. The van der Waals surface area contributed by atoms with E-state index in [0.29, 0.717) is 31.5 Å². The molecule has 1 N–H and O–H groups in total. The molecule has 10 heteroatoms. The standard InChI is InChI=1S/C23H24FN3O4S2/c1-16-22(21(31-26-16)11-10-17-6-2-3-9-20(17)24)33(29,30)27-12-4-7-18(15-27)23(28)25-14-19-8-5-13-32-19/h2-3,5-6,8-11,13,18H,4,7,12,14-15H2,1H3,(H,25,28). The topological polar surface area (TPSA) is 92.5 Å². The van der Waals surface area contributed by atoms with Gasteiger partial charge in [0.05, 0.1) is 12.5 Å². The molecule has 1 unspecified atom stereocenters. The molecule has 2 aromatic heterocycles. The van der Waals surface area contributed by atoms with Gasteiger partial charge in [0.2, 0.25) is 15.9 Å². The molecule has 0 saturated carbocycles. The highest BCUT2D eigenvalue weighted by Gasteiger charge is 2.36. The van der Waals surface area contributed by atoms with Crippen LogP contribution in [-0.4, -0.2) is 36.9 Å². The highest BCUT2D eigenvalue weighted by Crippen LogP contribution is 2.29. The Labute approximate surface area is 196 Å². The van der Waals surface area contributed by atoms with E-state index in [9.17, 15) is 17.6 Å². The van der Waals surface area contributed by atoms with Gasteiger partial charge >= 0.3 is 0 Å². The third-order valence-electron chi connectivity index (χ3n) is 5.52. The summed E-state index contributed by atoms with van der Waals surface area (Å²) >= 11 is 1.55. The molecule has 1 aliphatic rings. The van der Waals surface area contributed by atoms with Gasteiger partial charge in [0, 0.05) is 23.5 Å². The maximum atomic E-state index is 13.9. The number of nitrogens with one attached hydrogen (secondary N) is 1. The molecule has 33 heavy (non-hydrogen) atoms. The van der Waals surface area contributed by atoms with Crippen LogP contribution in [0.15, 0.2) is 51.2 Å². The average molecular weight is 490 g/mol. The molecule has 1 aliphatic heterocycles. The monoisotopic (exact) mass is 489 g/mol. The lowest BCUT2D eigenvalue weighted by molar-refractivity contribution is -0.126. The number of benzene rings is 1. The second-order valence-electron chi connectivity index (χ2n) is 7.82. The first-order valence-corrected chi connectivity index (χ1v) is 12.9. The van der Waals surface area contributed by atoms with E-state index >= 15 is 0 Å². The fourth-order valence-electron chi connectivity index (χ4n) is 3.81. The third-order valence-corrected chi connectivity index (χ3v) is 8.42. The molecule has 1 atom stereocenters. The number of thiophene rings is 1. The molecule has 1 amide bonds. The van der Waals surface area contributed by atoms with E-state index in [4.69, 9.17) is 4.52 Å². The fourth-order valence-corrected chi connectivity index (χ4v) is 6.23. The van der Waals surface area contributed by atoms with Crippen LogP contribution >= 0.6 is 11.3 Å². The second-order valence-corrected chi connectivity index (χ2v) is 10.7. The number of sulfonamides is 1. The van der Waals surface area contributed by atoms with Crippen LogP contribution in [-0.2, 0) is 21.4 Å². The number of nitrogens with zero attached hydrogens (tertiary/aromatic N) is 2. The van der Waals surface area contributed by atoms with Crippen LogP contribution in [0.3, 0.4) is 0 Å². The first-order chi connectivity index (χ1) is 15.9. The minimum absolute atomic E-state index is 0.0278. The number of carbonyl (C=O) groups excluding carboxylic acids is 1. The highest BCUT2D eigenvalue weighted by molar-refractivity contribution is 7.89. The van der Waals surface area contributed by atoms with Gasteiger partial charge in [-0.15, -0.1) is 11.3 Å². The highest BCUT2D eigenvalue weighted by atomic mass is 32.2. The van der Waals surface area contributed by atoms with Crippen molar-refractivity contribution in [1.82, 2.24) is 14.8 Å². The van der Waals surface area contributed by atoms with Crippen LogP contribution in [0.2, 0.25) is 0 Å². The Morgan fingerprint density at radius 3 is 2.88 bits per heavy atom. The molecule has 0 spiro atoms. The molecule has 0 bridgehead atoms. The van der Waals surface area contributed by atoms with Crippen molar-refractivity contribution in [2.24, 2.45) is 5.92 Å². The van der Waals surface area contributed by atoms with E-state index < -0.39 is 21.8 Å². The number of carbonyl (C=O) groups is 1. The number of halogens is 1. The zero-order chi connectivity index (χ0) is 23.4. The van der Waals surface area contributed by atoms with Crippen LogP contribution in [0.4, 0.5) is 4.39 Å². The molecular weight excluding hydrogens is 465 g/mol. The molecule has 174 valence electrons. The zero-order valence-corrected chi connectivity index (χ0v) is 19.7. The third kappa shape index (κ3) is 5.23. The van der Waals surface area contributed by atoms with Crippen LogP contribution in [0.5, 0.6) is 0 Å². The van der Waals surface area contributed by atoms with Gasteiger partial charge in [-0.1, -0.05) is 29.4 Å². The Morgan fingerprint density at radius 2 is 2.12 bits per heavy atom. The Balaban J connectivity index is 1.51. The smallest absolute Gasteiger partial charge is 0.248 e. The fraction of sp³-hybridized carbons (Fsp3) is 0.304. The van der Waals surface area contributed by atoms with Crippen molar-refractivity contribution in [1.29, 1.82) is 0 Å². The van der Waals surface area contributed by atoms with E-state index in [0.717, 1.165) is 4.88 Å². The Hall–Kier alpha value is -2.82. The van der Waals surface area contributed by atoms with Crippen molar-refractivity contribution in [3.8, 4) is 0 Å². The zero-order valence-electron chi connectivity index (χ0n) is 18.0. The molecule has 1 aromatic carbocycles. The molecule has 1 saturated heterocycles. The van der Waals surface area contributed by atoms with E-state index in [1.807, 2.05) is 17.5 Å². The normalized spacial score (nSPS) is 17.5. The van der Waals surface area contributed by atoms with Crippen molar-refractivity contribution >= 4 is 39.4 Å². The summed E-state index contributed by atoms with van der Waals surface area (Å²) < 4.78 is 47.4. The van der Waals surface area contributed by atoms with Gasteiger partial charge in [-0.3, -0.25) is 4.79 Å². The van der Waals surface area contributed by atoms with Crippen molar-refractivity contribution in [2.45, 2.75) is 31.2 Å². The number of piperidine rings is 1. The van der Waals surface area contributed by atoms with E-state index in [1.165, 1.54) is 22.5 Å². The van der Waals surface area contributed by atoms with Crippen molar-refractivity contribution < 1.29 is 22.1 Å². The lowest BCUT2D eigenvalue weighted by Gasteiger charge is -2.31. The minimum Gasteiger partial charge on any atom is -0.355 e. The molecule has 3 aromatic rings. The summed E-state index contributed by atoms with van der Waals surface area (Å²) in [4.78, 5) is 13.6. The predicted molar refractivity (Wildman–Crippen MR) is 124 cm³/mol. The van der Waals surface area contributed by atoms with Gasteiger partial charge in [0.1, 0.15) is 11.5 Å². The summed E-state index contributed by atoms with van der Waals surface area (Å²) in [7, 11) is -3.96. The van der Waals surface area contributed by atoms with Crippen LogP contribution in [0.25, 0.3) is 12.2 Å². The molecule has 3 heterocycles. The van der Waals surface area contributed by atoms with Gasteiger partial charge in [-0.25, -0.2) is 12.8 Å². The van der Waals surface area contributed by atoms with Crippen molar-refractivity contribution in [2.75, 3.05) is 13.1 Å². The van der Waals surface area contributed by atoms with Crippen LogP contribution in [0.1, 0.15) is 34.7 Å². The van der Waals surface area contributed by atoms with Crippen LogP contribution < -0.4 is 5.32 Å². The Bertz CT molecular complexity index is 1250. The van der Waals surface area contributed by atoms with E-state index in [1.54, 1.807) is 36.5 Å². The molecular formula is C23H24FN3O4S2. The predicted octanol–water partition coefficient (Wildman–Crippen LogP) is 4.07. The van der Waals surface area contributed by atoms with E-state index in [2.05, 4.69) is 10.5 Å². The maximum absolute atomic E-state index is 13.9.